The number of carbonyl (C=O) groups excluding carboxylic acids is 1. The van der Waals surface area contributed by atoms with Crippen molar-refractivity contribution in [3.05, 3.63) is 35.7 Å². The summed E-state index contributed by atoms with van der Waals surface area (Å²) in [6, 6.07) is 8.03. The van der Waals surface area contributed by atoms with Crippen molar-refractivity contribution in [3.63, 3.8) is 0 Å². The number of ether oxygens (including phenoxy) is 1. The molecule has 0 bridgehead atoms. The van der Waals surface area contributed by atoms with E-state index in [1.54, 1.807) is 0 Å². The first kappa shape index (κ1) is 19.1. The topological polar surface area (TPSA) is 71.7 Å². The van der Waals surface area contributed by atoms with E-state index in [1.165, 1.54) is 0 Å². The second kappa shape index (κ2) is 8.84. The number of carbonyl (C=O) groups is 1. The average Bonchev–Trinajstić information content (AvgIpc) is 3.20. The predicted molar refractivity (Wildman–Crippen MR) is 105 cm³/mol. The van der Waals surface area contributed by atoms with E-state index in [-0.39, 0.29) is 11.8 Å². The Morgan fingerprint density at radius 1 is 1.18 bits per heavy atom. The van der Waals surface area contributed by atoms with Crippen molar-refractivity contribution in [3.8, 4) is 11.4 Å². The molecule has 2 aromatic rings. The van der Waals surface area contributed by atoms with Crippen LogP contribution in [0.1, 0.15) is 36.6 Å². The number of nitrogens with zero attached hydrogens (tertiary/aromatic N) is 4. The first-order chi connectivity index (χ1) is 13.7. The Balaban J connectivity index is 1.35. The van der Waals surface area contributed by atoms with Crippen molar-refractivity contribution >= 4 is 5.91 Å². The normalized spacial score (nSPS) is 21.2. The molecule has 2 aliphatic rings. The molecule has 1 aromatic heterocycles. The van der Waals surface area contributed by atoms with Crippen LogP contribution in [0.15, 0.2) is 28.8 Å². The maximum atomic E-state index is 12.4. The minimum Gasteiger partial charge on any atom is -0.379 e. The Bertz CT molecular complexity index is 800. The lowest BCUT2D eigenvalue weighted by molar-refractivity contribution is -0.134. The van der Waals surface area contributed by atoms with Crippen molar-refractivity contribution in [2.75, 3.05) is 45.9 Å². The maximum Gasteiger partial charge on any atom is 0.231 e. The van der Waals surface area contributed by atoms with E-state index < -0.39 is 0 Å². The molecule has 4 rings (SSSR count). The van der Waals surface area contributed by atoms with Gasteiger partial charge in [0.15, 0.2) is 0 Å². The molecule has 0 spiro atoms. The van der Waals surface area contributed by atoms with Gasteiger partial charge in [-0.25, -0.2) is 0 Å². The summed E-state index contributed by atoms with van der Waals surface area (Å²) in [4.78, 5) is 21.4. The van der Waals surface area contributed by atoms with Crippen LogP contribution in [0.2, 0.25) is 0 Å². The second-order valence-corrected chi connectivity index (χ2v) is 7.65. The smallest absolute Gasteiger partial charge is 0.231 e. The van der Waals surface area contributed by atoms with E-state index in [4.69, 9.17) is 9.26 Å². The highest BCUT2D eigenvalue weighted by Crippen LogP contribution is 2.29. The van der Waals surface area contributed by atoms with Crippen LogP contribution >= 0.6 is 0 Å². The maximum absolute atomic E-state index is 12.4. The molecule has 150 valence electrons. The number of aromatic nitrogens is 2. The van der Waals surface area contributed by atoms with Crippen LogP contribution in [0.25, 0.3) is 11.4 Å². The van der Waals surface area contributed by atoms with Crippen LogP contribution in [0, 0.1) is 6.92 Å². The highest BCUT2D eigenvalue weighted by atomic mass is 16.5. The third-order valence-corrected chi connectivity index (χ3v) is 5.68. The van der Waals surface area contributed by atoms with Crippen LogP contribution in [0.5, 0.6) is 0 Å². The van der Waals surface area contributed by atoms with Crippen LogP contribution < -0.4 is 0 Å². The lowest BCUT2D eigenvalue weighted by Crippen LogP contribution is -2.42. The van der Waals surface area contributed by atoms with Crippen molar-refractivity contribution in [2.24, 2.45) is 0 Å². The van der Waals surface area contributed by atoms with Gasteiger partial charge in [0.2, 0.25) is 17.6 Å². The SMILES string of the molecule is Cc1ccccc1-c1noc([C@@H]2CCC(=O)N(CCCN3CCOCC3)C2)n1. The molecule has 0 aliphatic carbocycles. The molecule has 7 nitrogen and oxygen atoms in total. The quantitative estimate of drug-likeness (QED) is 0.762. The molecular weight excluding hydrogens is 356 g/mol. The lowest BCUT2D eigenvalue weighted by atomic mass is 9.97. The number of amides is 1. The van der Waals surface area contributed by atoms with Gasteiger partial charge in [-0.2, -0.15) is 4.98 Å². The minimum atomic E-state index is 0.117. The van der Waals surface area contributed by atoms with E-state index in [9.17, 15) is 4.79 Å². The molecular formula is C21H28N4O3. The van der Waals surface area contributed by atoms with Gasteiger partial charge in [0.25, 0.3) is 0 Å². The first-order valence-corrected chi connectivity index (χ1v) is 10.2. The summed E-state index contributed by atoms with van der Waals surface area (Å²) in [5.74, 6) is 1.62. The predicted octanol–water partition coefficient (Wildman–Crippen LogP) is 2.47. The molecule has 1 amide bonds. The van der Waals surface area contributed by atoms with Gasteiger partial charge in [-0.15, -0.1) is 0 Å². The molecule has 7 heteroatoms. The largest absolute Gasteiger partial charge is 0.379 e. The number of likely N-dealkylation sites (tertiary alicyclic amines) is 1. The van der Waals surface area contributed by atoms with Gasteiger partial charge >= 0.3 is 0 Å². The van der Waals surface area contributed by atoms with Crippen LogP contribution in [-0.4, -0.2) is 71.8 Å². The second-order valence-electron chi connectivity index (χ2n) is 7.65. The third-order valence-electron chi connectivity index (χ3n) is 5.68. The molecule has 2 aliphatic heterocycles. The fourth-order valence-electron chi connectivity index (χ4n) is 3.98. The van der Waals surface area contributed by atoms with Crippen molar-refractivity contribution in [1.82, 2.24) is 19.9 Å². The number of hydrogen-bond donors (Lipinski definition) is 0. The Morgan fingerprint density at radius 3 is 2.82 bits per heavy atom. The zero-order valence-corrected chi connectivity index (χ0v) is 16.5. The number of aryl methyl sites for hydroxylation is 1. The van der Waals surface area contributed by atoms with Gasteiger partial charge in [0.05, 0.1) is 19.1 Å². The number of morpholine rings is 1. The van der Waals surface area contributed by atoms with Crippen molar-refractivity contribution in [1.29, 1.82) is 0 Å². The first-order valence-electron chi connectivity index (χ1n) is 10.2. The molecule has 2 fully saturated rings. The highest BCUT2D eigenvalue weighted by molar-refractivity contribution is 5.77. The molecule has 0 saturated carbocycles. The van der Waals surface area contributed by atoms with Gasteiger partial charge in [0, 0.05) is 44.7 Å². The number of hydrogen-bond acceptors (Lipinski definition) is 6. The van der Waals surface area contributed by atoms with Crippen LogP contribution in [0.4, 0.5) is 0 Å². The van der Waals surface area contributed by atoms with E-state index >= 15 is 0 Å². The van der Waals surface area contributed by atoms with Crippen LogP contribution in [0.3, 0.4) is 0 Å². The van der Waals surface area contributed by atoms with Gasteiger partial charge in [-0.3, -0.25) is 9.69 Å². The summed E-state index contributed by atoms with van der Waals surface area (Å²) >= 11 is 0. The summed E-state index contributed by atoms with van der Waals surface area (Å²) in [7, 11) is 0. The summed E-state index contributed by atoms with van der Waals surface area (Å²) in [6.07, 6.45) is 2.30. The van der Waals surface area contributed by atoms with Gasteiger partial charge in [-0.05, 0) is 25.3 Å². The Kier molecular flexibility index (Phi) is 6.02. The Hall–Kier alpha value is -2.25. The molecule has 2 saturated heterocycles. The average molecular weight is 384 g/mol. The van der Waals surface area contributed by atoms with Gasteiger partial charge in [-0.1, -0.05) is 29.4 Å². The minimum absolute atomic E-state index is 0.117. The number of rotatable bonds is 6. The summed E-state index contributed by atoms with van der Waals surface area (Å²) in [5, 5.41) is 4.18. The monoisotopic (exact) mass is 384 g/mol. The molecule has 0 N–H and O–H groups in total. The number of piperidine rings is 1. The fraction of sp³-hybridized carbons (Fsp3) is 0.571. The summed E-state index contributed by atoms with van der Waals surface area (Å²) < 4.78 is 11.0. The molecule has 0 radical (unpaired) electrons. The highest BCUT2D eigenvalue weighted by Gasteiger charge is 2.30. The van der Waals surface area contributed by atoms with E-state index in [0.717, 1.165) is 63.4 Å². The molecule has 28 heavy (non-hydrogen) atoms. The lowest BCUT2D eigenvalue weighted by Gasteiger charge is -2.32. The van der Waals surface area contributed by atoms with Gasteiger partial charge < -0.3 is 14.2 Å². The van der Waals surface area contributed by atoms with Crippen molar-refractivity contribution in [2.45, 2.75) is 32.1 Å². The van der Waals surface area contributed by atoms with E-state index in [2.05, 4.69) is 15.0 Å². The fourth-order valence-corrected chi connectivity index (χ4v) is 3.98. The Labute approximate surface area is 165 Å². The standard InChI is InChI=1S/C21H28N4O3/c1-16-5-2-3-6-18(16)20-22-21(28-23-20)17-7-8-19(26)25(15-17)10-4-9-24-11-13-27-14-12-24/h2-3,5-6,17H,4,7-15H2,1H3/t17-/m1/s1. The van der Waals surface area contributed by atoms with E-state index in [1.807, 2.05) is 36.1 Å². The zero-order valence-electron chi connectivity index (χ0n) is 16.5. The number of benzene rings is 1. The molecule has 1 atom stereocenters. The molecule has 1 aromatic carbocycles. The molecule has 3 heterocycles. The van der Waals surface area contributed by atoms with Crippen LogP contribution in [-0.2, 0) is 9.53 Å². The van der Waals surface area contributed by atoms with E-state index in [0.29, 0.717) is 24.7 Å². The Morgan fingerprint density at radius 2 is 2.00 bits per heavy atom. The van der Waals surface area contributed by atoms with Crippen molar-refractivity contribution < 1.29 is 14.1 Å². The summed E-state index contributed by atoms with van der Waals surface area (Å²) in [5.41, 5.74) is 2.12. The summed E-state index contributed by atoms with van der Waals surface area (Å²) in [6.45, 7) is 8.09. The zero-order chi connectivity index (χ0) is 19.3. The third kappa shape index (κ3) is 4.42. The molecule has 0 unspecified atom stereocenters. The van der Waals surface area contributed by atoms with Gasteiger partial charge in [0.1, 0.15) is 0 Å².